The Hall–Kier alpha value is -0.410. The summed E-state index contributed by atoms with van der Waals surface area (Å²) < 4.78 is 17.8. The van der Waals surface area contributed by atoms with Gasteiger partial charge in [0.15, 0.2) is 0 Å². The fraction of sp³-hybridized carbons (Fsp3) is 0.250. The van der Waals surface area contributed by atoms with Crippen LogP contribution in [0.2, 0.25) is 0 Å². The molecule has 0 aliphatic rings. The predicted octanol–water partition coefficient (Wildman–Crippen LogP) is 2.87. The summed E-state index contributed by atoms with van der Waals surface area (Å²) in [6.45, 7) is 0. The van der Waals surface area contributed by atoms with Crippen molar-refractivity contribution in [3.8, 4) is 0 Å². The highest BCUT2D eigenvalue weighted by Crippen LogP contribution is 2.24. The van der Waals surface area contributed by atoms with Crippen LogP contribution in [-0.4, -0.2) is 7.11 Å². The van der Waals surface area contributed by atoms with Gasteiger partial charge in [0.25, 0.3) is 0 Å². The highest BCUT2D eigenvalue weighted by molar-refractivity contribution is 9.09. The second-order valence-electron chi connectivity index (χ2n) is 2.07. The number of halogens is 2. The SMILES string of the molecule is COC(Br)c1ccccc1F. The molecule has 0 N–H and O–H groups in total. The molecule has 1 rings (SSSR count). The first-order valence-corrected chi connectivity index (χ1v) is 4.08. The Morgan fingerprint density at radius 1 is 1.45 bits per heavy atom. The fourth-order valence-corrected chi connectivity index (χ4v) is 1.16. The second kappa shape index (κ2) is 3.83. The Balaban J connectivity index is 2.93. The van der Waals surface area contributed by atoms with E-state index >= 15 is 0 Å². The zero-order valence-electron chi connectivity index (χ0n) is 6.05. The van der Waals surface area contributed by atoms with E-state index in [1.54, 1.807) is 18.2 Å². The third-order valence-corrected chi connectivity index (χ3v) is 2.22. The lowest BCUT2D eigenvalue weighted by molar-refractivity contribution is 0.178. The highest BCUT2D eigenvalue weighted by atomic mass is 79.9. The van der Waals surface area contributed by atoms with Crippen LogP contribution < -0.4 is 0 Å². The first-order valence-electron chi connectivity index (χ1n) is 3.17. The van der Waals surface area contributed by atoms with Crippen molar-refractivity contribution < 1.29 is 9.13 Å². The molecule has 0 amide bonds. The molecule has 3 heteroatoms. The molecular weight excluding hydrogens is 211 g/mol. The van der Waals surface area contributed by atoms with E-state index in [0.717, 1.165) is 0 Å². The summed E-state index contributed by atoms with van der Waals surface area (Å²) in [4.78, 5) is 0. The fourth-order valence-electron chi connectivity index (χ4n) is 0.786. The van der Waals surface area contributed by atoms with Crippen molar-refractivity contribution in [2.24, 2.45) is 0 Å². The minimum Gasteiger partial charge on any atom is -0.365 e. The standard InChI is InChI=1S/C8H8BrFO/c1-11-8(9)6-4-2-3-5-7(6)10/h2-5,8H,1H3. The molecule has 1 aromatic carbocycles. The molecule has 0 radical (unpaired) electrons. The first-order chi connectivity index (χ1) is 5.25. The van der Waals surface area contributed by atoms with Gasteiger partial charge in [0, 0.05) is 12.7 Å². The molecule has 60 valence electrons. The smallest absolute Gasteiger partial charge is 0.139 e. The van der Waals surface area contributed by atoms with Gasteiger partial charge >= 0.3 is 0 Å². The van der Waals surface area contributed by atoms with Crippen LogP contribution in [0.1, 0.15) is 10.6 Å². The van der Waals surface area contributed by atoms with Gasteiger partial charge in [-0.25, -0.2) is 4.39 Å². The molecule has 1 nitrogen and oxygen atoms in total. The van der Waals surface area contributed by atoms with Crippen molar-refractivity contribution in [2.75, 3.05) is 7.11 Å². The van der Waals surface area contributed by atoms with Crippen LogP contribution in [-0.2, 0) is 4.74 Å². The topological polar surface area (TPSA) is 9.23 Å². The summed E-state index contributed by atoms with van der Waals surface area (Å²) in [7, 11) is 1.52. The zero-order valence-corrected chi connectivity index (χ0v) is 7.64. The normalized spacial score (nSPS) is 13.0. The average molecular weight is 219 g/mol. The van der Waals surface area contributed by atoms with Gasteiger partial charge < -0.3 is 4.74 Å². The highest BCUT2D eigenvalue weighted by Gasteiger charge is 2.09. The first kappa shape index (κ1) is 8.68. The lowest BCUT2D eigenvalue weighted by Crippen LogP contribution is -1.95. The van der Waals surface area contributed by atoms with Crippen LogP contribution in [0.5, 0.6) is 0 Å². The molecule has 1 unspecified atom stereocenters. The van der Waals surface area contributed by atoms with E-state index in [2.05, 4.69) is 15.9 Å². The molecule has 0 saturated heterocycles. The number of ether oxygens (including phenoxy) is 1. The lowest BCUT2D eigenvalue weighted by Gasteiger charge is -2.07. The molecular formula is C8H8BrFO. The van der Waals surface area contributed by atoms with Gasteiger partial charge in [-0.2, -0.15) is 0 Å². The van der Waals surface area contributed by atoms with E-state index in [9.17, 15) is 4.39 Å². The van der Waals surface area contributed by atoms with Gasteiger partial charge in [-0.3, -0.25) is 0 Å². The number of alkyl halides is 1. The Morgan fingerprint density at radius 3 is 2.64 bits per heavy atom. The lowest BCUT2D eigenvalue weighted by atomic mass is 10.2. The third-order valence-electron chi connectivity index (χ3n) is 1.36. The minimum absolute atomic E-state index is 0.253. The van der Waals surface area contributed by atoms with Gasteiger partial charge in [-0.1, -0.05) is 34.1 Å². The molecule has 0 fully saturated rings. The van der Waals surface area contributed by atoms with Crippen molar-refractivity contribution in [1.29, 1.82) is 0 Å². The predicted molar refractivity (Wildman–Crippen MR) is 45.1 cm³/mol. The summed E-state index contributed by atoms with van der Waals surface area (Å²) in [5.74, 6) is -0.253. The Bertz CT molecular complexity index is 239. The van der Waals surface area contributed by atoms with Crippen LogP contribution in [0.3, 0.4) is 0 Å². The summed E-state index contributed by atoms with van der Waals surface area (Å²) in [5.41, 5.74) is 0.523. The van der Waals surface area contributed by atoms with Gasteiger partial charge in [0.1, 0.15) is 10.8 Å². The van der Waals surface area contributed by atoms with Gasteiger partial charge in [0.05, 0.1) is 0 Å². The van der Waals surface area contributed by atoms with Crippen LogP contribution >= 0.6 is 15.9 Å². The van der Waals surface area contributed by atoms with Gasteiger partial charge in [0.2, 0.25) is 0 Å². The van der Waals surface area contributed by atoms with Crippen molar-refractivity contribution in [3.05, 3.63) is 35.6 Å². The van der Waals surface area contributed by atoms with E-state index in [1.165, 1.54) is 13.2 Å². The average Bonchev–Trinajstić information content (AvgIpc) is 2.04. The molecule has 11 heavy (non-hydrogen) atoms. The zero-order chi connectivity index (χ0) is 8.27. The Kier molecular flexibility index (Phi) is 3.02. The maximum absolute atomic E-state index is 12.9. The maximum atomic E-state index is 12.9. The van der Waals surface area contributed by atoms with Crippen molar-refractivity contribution in [3.63, 3.8) is 0 Å². The molecule has 0 heterocycles. The van der Waals surface area contributed by atoms with Gasteiger partial charge in [-0.15, -0.1) is 0 Å². The van der Waals surface area contributed by atoms with E-state index in [0.29, 0.717) is 5.56 Å². The van der Waals surface area contributed by atoms with E-state index < -0.39 is 0 Å². The molecule has 0 bridgehead atoms. The number of hydrogen-bond acceptors (Lipinski definition) is 1. The molecule has 1 atom stereocenters. The maximum Gasteiger partial charge on any atom is 0.139 e. The summed E-state index contributed by atoms with van der Waals surface area (Å²) in [6.07, 6.45) is 0. The molecule has 0 saturated carbocycles. The Morgan fingerprint density at radius 2 is 2.09 bits per heavy atom. The van der Waals surface area contributed by atoms with Crippen molar-refractivity contribution in [2.45, 2.75) is 5.01 Å². The van der Waals surface area contributed by atoms with Crippen LogP contribution in [0.25, 0.3) is 0 Å². The number of rotatable bonds is 2. The Labute approximate surface area is 73.3 Å². The summed E-state index contributed by atoms with van der Waals surface area (Å²) in [6, 6.07) is 6.50. The monoisotopic (exact) mass is 218 g/mol. The van der Waals surface area contributed by atoms with Crippen molar-refractivity contribution in [1.82, 2.24) is 0 Å². The van der Waals surface area contributed by atoms with E-state index in [-0.39, 0.29) is 10.8 Å². The quantitative estimate of drug-likeness (QED) is 0.695. The number of hydrogen-bond donors (Lipinski definition) is 0. The molecule has 0 aliphatic carbocycles. The molecule has 0 aliphatic heterocycles. The van der Waals surface area contributed by atoms with Crippen molar-refractivity contribution >= 4 is 15.9 Å². The van der Waals surface area contributed by atoms with E-state index in [1.807, 2.05) is 0 Å². The van der Waals surface area contributed by atoms with E-state index in [4.69, 9.17) is 4.74 Å². The van der Waals surface area contributed by atoms with Crippen LogP contribution in [0.4, 0.5) is 4.39 Å². The second-order valence-corrected chi connectivity index (χ2v) is 2.90. The van der Waals surface area contributed by atoms with Gasteiger partial charge in [-0.05, 0) is 6.07 Å². The minimum atomic E-state index is -0.358. The van der Waals surface area contributed by atoms with Crippen LogP contribution in [0.15, 0.2) is 24.3 Å². The summed E-state index contributed by atoms with van der Waals surface area (Å²) in [5, 5.41) is -0.358. The molecule has 0 aromatic heterocycles. The van der Waals surface area contributed by atoms with Crippen LogP contribution in [0, 0.1) is 5.82 Å². The largest absolute Gasteiger partial charge is 0.365 e. The third kappa shape index (κ3) is 2.01. The summed E-state index contributed by atoms with van der Waals surface area (Å²) >= 11 is 3.17. The number of methoxy groups -OCH3 is 1. The molecule has 1 aromatic rings. The number of benzene rings is 1. The molecule has 0 spiro atoms.